The lowest BCUT2D eigenvalue weighted by atomic mass is 9.73. The minimum Gasteiger partial charge on any atom is -0.305 e. The smallest absolute Gasteiger partial charge is 0.109 e. The molecular formula is C13H22N2S. The molecule has 0 saturated heterocycles. The zero-order chi connectivity index (χ0) is 11.5. The van der Waals surface area contributed by atoms with E-state index in [-0.39, 0.29) is 0 Å². The summed E-state index contributed by atoms with van der Waals surface area (Å²) in [6.07, 6.45) is 5.73. The summed E-state index contributed by atoms with van der Waals surface area (Å²) < 4.78 is 0. The predicted molar refractivity (Wildman–Crippen MR) is 69.6 cm³/mol. The van der Waals surface area contributed by atoms with E-state index >= 15 is 0 Å². The summed E-state index contributed by atoms with van der Waals surface area (Å²) in [7, 11) is 0. The molecular weight excluding hydrogens is 216 g/mol. The Labute approximate surface area is 102 Å². The van der Waals surface area contributed by atoms with Crippen molar-refractivity contribution in [2.24, 2.45) is 11.8 Å². The molecule has 1 heterocycles. The van der Waals surface area contributed by atoms with Crippen LogP contribution in [0.25, 0.3) is 0 Å². The van der Waals surface area contributed by atoms with E-state index in [0.717, 1.165) is 24.3 Å². The van der Waals surface area contributed by atoms with Crippen molar-refractivity contribution in [2.45, 2.75) is 52.1 Å². The van der Waals surface area contributed by atoms with E-state index in [1.807, 2.05) is 6.20 Å². The van der Waals surface area contributed by atoms with Gasteiger partial charge in [-0.05, 0) is 31.1 Å². The van der Waals surface area contributed by atoms with E-state index < -0.39 is 0 Å². The van der Waals surface area contributed by atoms with Gasteiger partial charge in [0.2, 0.25) is 0 Å². The molecule has 1 saturated carbocycles. The van der Waals surface area contributed by atoms with Crippen molar-refractivity contribution < 1.29 is 0 Å². The lowest BCUT2D eigenvalue weighted by Crippen LogP contribution is -2.44. The molecule has 0 aromatic carbocycles. The standard InChI is InChI=1S/C13H22N2S/c1-4-12(13-14-5-6-16-13)15-11-7-10(8-11)9(2)3/h5-6,9-12,15H,4,7-8H2,1-3H3. The fourth-order valence-corrected chi connectivity index (χ4v) is 3.18. The van der Waals surface area contributed by atoms with Crippen molar-refractivity contribution >= 4 is 11.3 Å². The van der Waals surface area contributed by atoms with Crippen LogP contribution in [0.5, 0.6) is 0 Å². The summed E-state index contributed by atoms with van der Waals surface area (Å²) in [6.45, 7) is 6.90. The van der Waals surface area contributed by atoms with Gasteiger partial charge in [-0.3, -0.25) is 0 Å². The Hall–Kier alpha value is -0.410. The Morgan fingerprint density at radius 3 is 2.75 bits per heavy atom. The first-order valence-electron chi connectivity index (χ1n) is 6.36. The van der Waals surface area contributed by atoms with Crippen LogP contribution in [0.15, 0.2) is 11.6 Å². The molecule has 2 rings (SSSR count). The maximum Gasteiger partial charge on any atom is 0.109 e. The van der Waals surface area contributed by atoms with Gasteiger partial charge in [-0.25, -0.2) is 4.98 Å². The average molecular weight is 238 g/mol. The Morgan fingerprint density at radius 2 is 2.25 bits per heavy atom. The molecule has 1 atom stereocenters. The number of nitrogens with one attached hydrogen (secondary N) is 1. The number of hydrogen-bond acceptors (Lipinski definition) is 3. The van der Waals surface area contributed by atoms with Crippen LogP contribution in [0, 0.1) is 11.8 Å². The van der Waals surface area contributed by atoms with Crippen molar-refractivity contribution in [1.82, 2.24) is 10.3 Å². The van der Waals surface area contributed by atoms with Crippen LogP contribution >= 0.6 is 11.3 Å². The van der Waals surface area contributed by atoms with Crippen molar-refractivity contribution in [1.29, 1.82) is 0 Å². The van der Waals surface area contributed by atoms with E-state index in [9.17, 15) is 0 Å². The van der Waals surface area contributed by atoms with E-state index in [4.69, 9.17) is 0 Å². The lowest BCUT2D eigenvalue weighted by Gasteiger charge is -2.40. The highest BCUT2D eigenvalue weighted by Crippen LogP contribution is 2.35. The summed E-state index contributed by atoms with van der Waals surface area (Å²) in [5.41, 5.74) is 0. The molecule has 1 aromatic heterocycles. The highest BCUT2D eigenvalue weighted by atomic mass is 32.1. The largest absolute Gasteiger partial charge is 0.305 e. The van der Waals surface area contributed by atoms with Gasteiger partial charge in [-0.1, -0.05) is 20.8 Å². The molecule has 1 fully saturated rings. The average Bonchev–Trinajstić information content (AvgIpc) is 2.68. The van der Waals surface area contributed by atoms with E-state index in [1.165, 1.54) is 17.8 Å². The van der Waals surface area contributed by atoms with Crippen molar-refractivity contribution in [3.8, 4) is 0 Å². The zero-order valence-electron chi connectivity index (χ0n) is 10.4. The Bertz CT molecular complexity index is 302. The summed E-state index contributed by atoms with van der Waals surface area (Å²) in [6, 6.07) is 1.19. The third kappa shape index (κ3) is 2.64. The number of thiazole rings is 1. The molecule has 1 unspecified atom stereocenters. The third-order valence-electron chi connectivity index (χ3n) is 3.71. The first kappa shape index (κ1) is 12.1. The maximum absolute atomic E-state index is 4.41. The van der Waals surface area contributed by atoms with Gasteiger partial charge in [-0.15, -0.1) is 11.3 Å². The summed E-state index contributed by atoms with van der Waals surface area (Å²) in [5, 5.41) is 7.05. The molecule has 0 radical (unpaired) electrons. The molecule has 0 spiro atoms. The zero-order valence-corrected chi connectivity index (χ0v) is 11.3. The molecule has 16 heavy (non-hydrogen) atoms. The van der Waals surface area contributed by atoms with E-state index in [1.54, 1.807) is 11.3 Å². The first-order chi connectivity index (χ1) is 7.70. The van der Waals surface area contributed by atoms with Crippen molar-refractivity contribution in [2.75, 3.05) is 0 Å². The quantitative estimate of drug-likeness (QED) is 0.847. The normalized spacial score (nSPS) is 26.8. The molecule has 0 amide bonds. The van der Waals surface area contributed by atoms with Crippen LogP contribution in [0.1, 0.15) is 51.1 Å². The Kier molecular flexibility index (Phi) is 3.98. The number of nitrogens with zero attached hydrogens (tertiary/aromatic N) is 1. The Balaban J connectivity index is 1.81. The lowest BCUT2D eigenvalue weighted by molar-refractivity contribution is 0.156. The first-order valence-corrected chi connectivity index (χ1v) is 7.24. The maximum atomic E-state index is 4.41. The molecule has 90 valence electrons. The molecule has 0 aliphatic heterocycles. The number of rotatable bonds is 5. The van der Waals surface area contributed by atoms with Gasteiger partial charge in [-0.2, -0.15) is 0 Å². The molecule has 1 aliphatic rings. The van der Waals surface area contributed by atoms with Crippen molar-refractivity contribution in [3.63, 3.8) is 0 Å². The predicted octanol–water partition coefficient (Wildman–Crippen LogP) is 3.62. The van der Waals surface area contributed by atoms with Crippen LogP contribution in [0.2, 0.25) is 0 Å². The van der Waals surface area contributed by atoms with Crippen LogP contribution in [0.4, 0.5) is 0 Å². The van der Waals surface area contributed by atoms with Crippen LogP contribution in [-0.4, -0.2) is 11.0 Å². The number of hydrogen-bond donors (Lipinski definition) is 1. The molecule has 1 aliphatic carbocycles. The fourth-order valence-electron chi connectivity index (χ4n) is 2.40. The fraction of sp³-hybridized carbons (Fsp3) is 0.769. The van der Waals surface area contributed by atoms with Crippen LogP contribution in [0.3, 0.4) is 0 Å². The minimum atomic E-state index is 0.470. The van der Waals surface area contributed by atoms with Gasteiger partial charge in [0.25, 0.3) is 0 Å². The van der Waals surface area contributed by atoms with Gasteiger partial charge in [0.1, 0.15) is 5.01 Å². The Morgan fingerprint density at radius 1 is 1.50 bits per heavy atom. The number of aromatic nitrogens is 1. The van der Waals surface area contributed by atoms with E-state index in [0.29, 0.717) is 6.04 Å². The summed E-state index contributed by atoms with van der Waals surface area (Å²) in [4.78, 5) is 4.41. The second kappa shape index (κ2) is 5.28. The topological polar surface area (TPSA) is 24.9 Å². The highest BCUT2D eigenvalue weighted by Gasteiger charge is 2.32. The minimum absolute atomic E-state index is 0.470. The monoisotopic (exact) mass is 238 g/mol. The summed E-state index contributed by atoms with van der Waals surface area (Å²) in [5.74, 6) is 1.78. The highest BCUT2D eigenvalue weighted by molar-refractivity contribution is 7.09. The molecule has 0 bridgehead atoms. The third-order valence-corrected chi connectivity index (χ3v) is 4.60. The van der Waals surface area contributed by atoms with Gasteiger partial charge < -0.3 is 5.32 Å². The van der Waals surface area contributed by atoms with Crippen LogP contribution < -0.4 is 5.32 Å². The van der Waals surface area contributed by atoms with Gasteiger partial charge in [0, 0.05) is 17.6 Å². The van der Waals surface area contributed by atoms with Crippen molar-refractivity contribution in [3.05, 3.63) is 16.6 Å². The van der Waals surface area contributed by atoms with Gasteiger partial charge in [0.15, 0.2) is 0 Å². The van der Waals surface area contributed by atoms with Gasteiger partial charge in [0.05, 0.1) is 6.04 Å². The SMILES string of the molecule is CCC(NC1CC(C(C)C)C1)c1nccs1. The molecule has 3 heteroatoms. The molecule has 1 aromatic rings. The van der Waals surface area contributed by atoms with Gasteiger partial charge >= 0.3 is 0 Å². The van der Waals surface area contributed by atoms with E-state index in [2.05, 4.69) is 36.5 Å². The van der Waals surface area contributed by atoms with Crippen LogP contribution in [-0.2, 0) is 0 Å². The molecule has 2 nitrogen and oxygen atoms in total. The second-order valence-electron chi connectivity index (χ2n) is 5.17. The second-order valence-corrected chi connectivity index (χ2v) is 6.10. The molecule has 1 N–H and O–H groups in total. The summed E-state index contributed by atoms with van der Waals surface area (Å²) >= 11 is 1.77.